The molecule has 0 amide bonds. The number of nitrogens with zero attached hydrogens (tertiary/aromatic N) is 1. The van der Waals surface area contributed by atoms with E-state index in [0.717, 1.165) is 17.7 Å². The van der Waals surface area contributed by atoms with Crippen LogP contribution in [-0.4, -0.2) is 10.1 Å². The number of rotatable bonds is 2. The summed E-state index contributed by atoms with van der Waals surface area (Å²) in [5.41, 5.74) is 0.524. The lowest BCUT2D eigenvalue weighted by atomic mass is 10.2. The number of aromatic nitrogens is 1. The summed E-state index contributed by atoms with van der Waals surface area (Å²) in [5.74, 6) is 0.519. The number of hydrogen-bond acceptors (Lipinski definition) is 2. The topological polar surface area (TPSA) is 37.0 Å². The van der Waals surface area contributed by atoms with Gasteiger partial charge in [-0.3, -0.25) is 0 Å². The van der Waals surface area contributed by atoms with Crippen molar-refractivity contribution < 1.29 is 13.2 Å². The first-order valence-corrected chi connectivity index (χ1v) is 6.43. The van der Waals surface area contributed by atoms with E-state index in [0.29, 0.717) is 5.82 Å². The van der Waals surface area contributed by atoms with Crippen LogP contribution in [0.1, 0.15) is 11.1 Å². The number of thiocarbonyl (C=S) groups is 1. The summed E-state index contributed by atoms with van der Waals surface area (Å²) in [6.45, 7) is 1.90. The molecule has 0 atom stereocenters. The molecule has 7 heteroatoms. The van der Waals surface area contributed by atoms with Crippen molar-refractivity contribution in [3.63, 3.8) is 0 Å². The number of anilines is 2. The van der Waals surface area contributed by atoms with Gasteiger partial charge in [0.05, 0.1) is 5.56 Å². The third-order valence-corrected chi connectivity index (χ3v) is 2.80. The quantitative estimate of drug-likeness (QED) is 0.814. The van der Waals surface area contributed by atoms with Crippen molar-refractivity contribution in [2.24, 2.45) is 0 Å². The summed E-state index contributed by atoms with van der Waals surface area (Å²) in [7, 11) is 0. The second-order valence-corrected chi connectivity index (χ2v) is 4.79. The Kier molecular flexibility index (Phi) is 4.42. The minimum Gasteiger partial charge on any atom is -0.332 e. The second-order valence-electron chi connectivity index (χ2n) is 4.38. The molecule has 0 aliphatic heterocycles. The van der Waals surface area contributed by atoms with Crippen molar-refractivity contribution in [1.29, 1.82) is 0 Å². The average Bonchev–Trinajstić information content (AvgIpc) is 2.41. The number of nitrogens with one attached hydrogen (secondary N) is 2. The second kappa shape index (κ2) is 6.09. The van der Waals surface area contributed by atoms with Gasteiger partial charge in [-0.2, -0.15) is 13.2 Å². The minimum absolute atomic E-state index is 0.172. The Morgan fingerprint density at radius 1 is 1.14 bits per heavy atom. The fraction of sp³-hybridized carbons (Fsp3) is 0.143. The van der Waals surface area contributed by atoms with Crippen LogP contribution in [0, 0.1) is 6.92 Å². The molecule has 2 rings (SSSR count). The maximum Gasteiger partial charge on any atom is 0.416 e. The molecule has 110 valence electrons. The highest BCUT2D eigenvalue weighted by atomic mass is 32.1. The maximum absolute atomic E-state index is 12.6. The van der Waals surface area contributed by atoms with Gasteiger partial charge in [-0.05, 0) is 49.0 Å². The Morgan fingerprint density at radius 2 is 1.90 bits per heavy atom. The van der Waals surface area contributed by atoms with Crippen molar-refractivity contribution in [2.45, 2.75) is 13.1 Å². The van der Waals surface area contributed by atoms with Crippen LogP contribution in [0.25, 0.3) is 0 Å². The van der Waals surface area contributed by atoms with Gasteiger partial charge >= 0.3 is 6.18 Å². The highest BCUT2D eigenvalue weighted by molar-refractivity contribution is 7.80. The van der Waals surface area contributed by atoms with E-state index >= 15 is 0 Å². The molecule has 1 heterocycles. The average molecular weight is 311 g/mol. The van der Waals surface area contributed by atoms with Crippen LogP contribution in [0.15, 0.2) is 42.6 Å². The largest absolute Gasteiger partial charge is 0.416 e. The Morgan fingerprint density at radius 3 is 2.52 bits per heavy atom. The van der Waals surface area contributed by atoms with E-state index in [2.05, 4.69) is 15.6 Å². The van der Waals surface area contributed by atoms with E-state index in [4.69, 9.17) is 12.2 Å². The highest BCUT2D eigenvalue weighted by Gasteiger charge is 2.30. The molecule has 0 aliphatic rings. The summed E-state index contributed by atoms with van der Waals surface area (Å²) >= 11 is 5.04. The first-order chi connectivity index (χ1) is 9.84. The normalized spacial score (nSPS) is 11.0. The molecule has 2 aromatic rings. The van der Waals surface area contributed by atoms with Gasteiger partial charge in [-0.1, -0.05) is 12.1 Å². The first kappa shape index (κ1) is 15.2. The molecule has 0 unspecified atom stereocenters. The molecule has 2 N–H and O–H groups in total. The van der Waals surface area contributed by atoms with Crippen LogP contribution in [0.4, 0.5) is 24.7 Å². The summed E-state index contributed by atoms with van der Waals surface area (Å²) in [6.07, 6.45) is -2.72. The van der Waals surface area contributed by atoms with Gasteiger partial charge in [-0.15, -0.1) is 0 Å². The molecule has 0 saturated carbocycles. The van der Waals surface area contributed by atoms with Crippen LogP contribution < -0.4 is 10.6 Å². The molecular weight excluding hydrogens is 299 g/mol. The van der Waals surface area contributed by atoms with E-state index in [1.807, 2.05) is 13.0 Å². The zero-order valence-electron chi connectivity index (χ0n) is 11.0. The lowest BCUT2D eigenvalue weighted by Gasteiger charge is -2.12. The highest BCUT2D eigenvalue weighted by Crippen LogP contribution is 2.30. The number of aryl methyl sites for hydroxylation is 1. The Hall–Kier alpha value is -2.15. The van der Waals surface area contributed by atoms with Gasteiger partial charge in [0.15, 0.2) is 5.11 Å². The van der Waals surface area contributed by atoms with E-state index in [9.17, 15) is 13.2 Å². The van der Waals surface area contributed by atoms with Crippen LogP contribution in [0.3, 0.4) is 0 Å². The fourth-order valence-corrected chi connectivity index (χ4v) is 1.82. The van der Waals surface area contributed by atoms with Crippen molar-refractivity contribution in [2.75, 3.05) is 10.6 Å². The number of hydrogen-bond donors (Lipinski definition) is 2. The Bertz CT molecular complexity index is 639. The number of benzene rings is 1. The van der Waals surface area contributed by atoms with E-state index in [-0.39, 0.29) is 10.8 Å². The number of alkyl halides is 3. The zero-order chi connectivity index (χ0) is 15.5. The van der Waals surface area contributed by atoms with E-state index in [1.54, 1.807) is 12.3 Å². The molecule has 21 heavy (non-hydrogen) atoms. The first-order valence-electron chi connectivity index (χ1n) is 6.02. The Labute approximate surface area is 125 Å². The Balaban J connectivity index is 2.04. The van der Waals surface area contributed by atoms with Gasteiger partial charge in [-0.25, -0.2) is 4.98 Å². The van der Waals surface area contributed by atoms with E-state index < -0.39 is 11.7 Å². The standard InChI is InChI=1S/C14H12F3N3S/c1-9-5-6-12(18-8-9)20-13(21)19-11-4-2-3-10(7-11)14(15,16)17/h2-8H,1H3,(H2,18,19,20,21). The minimum atomic E-state index is -4.38. The smallest absolute Gasteiger partial charge is 0.332 e. The molecule has 0 spiro atoms. The zero-order valence-corrected chi connectivity index (χ0v) is 11.8. The van der Waals surface area contributed by atoms with Crippen molar-refractivity contribution in [1.82, 2.24) is 4.98 Å². The summed E-state index contributed by atoms with van der Waals surface area (Å²) in [5, 5.41) is 5.67. The molecule has 3 nitrogen and oxygen atoms in total. The SMILES string of the molecule is Cc1ccc(NC(=S)Nc2cccc(C(F)(F)F)c2)nc1. The monoisotopic (exact) mass is 311 g/mol. The van der Waals surface area contributed by atoms with Crippen molar-refractivity contribution in [3.8, 4) is 0 Å². The summed E-state index contributed by atoms with van der Waals surface area (Å²) in [4.78, 5) is 4.10. The fourth-order valence-electron chi connectivity index (χ4n) is 1.59. The molecule has 1 aromatic carbocycles. The van der Waals surface area contributed by atoms with Gasteiger partial charge in [0.25, 0.3) is 0 Å². The van der Waals surface area contributed by atoms with Gasteiger partial charge in [0.1, 0.15) is 5.82 Å². The van der Waals surface area contributed by atoms with Gasteiger partial charge in [0, 0.05) is 11.9 Å². The molecule has 0 aliphatic carbocycles. The lowest BCUT2D eigenvalue weighted by molar-refractivity contribution is -0.137. The molecule has 0 radical (unpaired) electrons. The van der Waals surface area contributed by atoms with E-state index in [1.165, 1.54) is 12.1 Å². The molecule has 1 aromatic heterocycles. The van der Waals surface area contributed by atoms with Crippen LogP contribution in [0.5, 0.6) is 0 Å². The predicted molar refractivity (Wildman–Crippen MR) is 80.3 cm³/mol. The molecule has 0 bridgehead atoms. The third kappa shape index (κ3) is 4.42. The number of halogens is 3. The molecule has 0 saturated heterocycles. The van der Waals surface area contributed by atoms with Crippen LogP contribution >= 0.6 is 12.2 Å². The summed E-state index contributed by atoms with van der Waals surface area (Å²) < 4.78 is 37.8. The summed E-state index contributed by atoms with van der Waals surface area (Å²) in [6, 6.07) is 8.40. The van der Waals surface area contributed by atoms with Crippen LogP contribution in [-0.2, 0) is 6.18 Å². The van der Waals surface area contributed by atoms with Crippen LogP contribution in [0.2, 0.25) is 0 Å². The maximum atomic E-state index is 12.6. The molecule has 0 fully saturated rings. The lowest BCUT2D eigenvalue weighted by Crippen LogP contribution is -2.20. The van der Waals surface area contributed by atoms with Gasteiger partial charge < -0.3 is 10.6 Å². The van der Waals surface area contributed by atoms with Crippen molar-refractivity contribution in [3.05, 3.63) is 53.7 Å². The van der Waals surface area contributed by atoms with Crippen molar-refractivity contribution >= 4 is 28.8 Å². The van der Waals surface area contributed by atoms with Gasteiger partial charge in [0.2, 0.25) is 0 Å². The molecular formula is C14H12F3N3S. The third-order valence-electron chi connectivity index (χ3n) is 2.60. The predicted octanol–water partition coefficient (Wildman–Crippen LogP) is 4.22. The number of pyridine rings is 1.